The zero-order valence-electron chi connectivity index (χ0n) is 7.85. The topological polar surface area (TPSA) is 23.5 Å². The molecule has 0 bridgehead atoms. The first-order valence-electron chi connectivity index (χ1n) is 4.77. The summed E-state index contributed by atoms with van der Waals surface area (Å²) in [5.41, 5.74) is 1.21. The molecule has 0 radical (unpaired) electrons. The van der Waals surface area contributed by atoms with Crippen molar-refractivity contribution in [1.29, 1.82) is 0 Å². The lowest BCUT2D eigenvalue weighted by atomic mass is 10.2. The maximum absolute atomic E-state index is 9.49. The standard InChI is InChI=1S/C11H15NO/c1-9-7-11(13)8-12(9)10-5-3-2-4-6-10/h2-6,9,11,13H,7-8H2,1H3. The molecule has 2 heteroatoms. The predicted octanol–water partition coefficient (Wildman–Crippen LogP) is 1.65. The maximum Gasteiger partial charge on any atom is 0.0734 e. The molecule has 2 unspecified atom stereocenters. The number of aliphatic hydroxyl groups is 1. The first kappa shape index (κ1) is 8.57. The monoisotopic (exact) mass is 177 g/mol. The summed E-state index contributed by atoms with van der Waals surface area (Å²) in [6, 6.07) is 10.7. The lowest BCUT2D eigenvalue weighted by molar-refractivity contribution is 0.195. The van der Waals surface area contributed by atoms with Crippen molar-refractivity contribution in [2.24, 2.45) is 0 Å². The fraction of sp³-hybridized carbons (Fsp3) is 0.455. The Labute approximate surface area is 78.8 Å². The number of anilines is 1. The van der Waals surface area contributed by atoms with Crippen molar-refractivity contribution >= 4 is 5.69 Å². The highest BCUT2D eigenvalue weighted by molar-refractivity contribution is 5.48. The van der Waals surface area contributed by atoms with Gasteiger partial charge in [-0.2, -0.15) is 0 Å². The Bertz CT molecular complexity index is 273. The summed E-state index contributed by atoms with van der Waals surface area (Å²) in [4.78, 5) is 2.25. The van der Waals surface area contributed by atoms with Gasteiger partial charge in [-0.3, -0.25) is 0 Å². The Morgan fingerprint density at radius 2 is 2.00 bits per heavy atom. The fourth-order valence-electron chi connectivity index (χ4n) is 1.98. The van der Waals surface area contributed by atoms with Gasteiger partial charge in [-0.15, -0.1) is 0 Å². The van der Waals surface area contributed by atoms with Crippen LogP contribution < -0.4 is 4.90 Å². The van der Waals surface area contributed by atoms with Crippen LogP contribution in [0.15, 0.2) is 30.3 Å². The first-order chi connectivity index (χ1) is 6.27. The Hall–Kier alpha value is -1.02. The van der Waals surface area contributed by atoms with Gasteiger partial charge in [0.2, 0.25) is 0 Å². The molecule has 0 saturated carbocycles. The number of benzene rings is 1. The van der Waals surface area contributed by atoms with Crippen molar-refractivity contribution in [1.82, 2.24) is 0 Å². The van der Waals surface area contributed by atoms with Gasteiger partial charge in [0.25, 0.3) is 0 Å². The minimum Gasteiger partial charge on any atom is -0.391 e. The number of β-amino-alcohol motifs (C(OH)–C–C–N with tert-alkyl or cyclic N) is 1. The van der Waals surface area contributed by atoms with Gasteiger partial charge >= 0.3 is 0 Å². The molecule has 1 fully saturated rings. The molecule has 13 heavy (non-hydrogen) atoms. The largest absolute Gasteiger partial charge is 0.391 e. The molecule has 1 aliphatic rings. The third-order valence-corrected chi connectivity index (χ3v) is 2.64. The van der Waals surface area contributed by atoms with Crippen molar-refractivity contribution < 1.29 is 5.11 Å². The summed E-state index contributed by atoms with van der Waals surface area (Å²) in [5.74, 6) is 0. The molecule has 1 heterocycles. The van der Waals surface area contributed by atoms with Crippen molar-refractivity contribution in [2.45, 2.75) is 25.5 Å². The summed E-state index contributed by atoms with van der Waals surface area (Å²) in [6.45, 7) is 2.92. The van der Waals surface area contributed by atoms with Crippen LogP contribution in [0.4, 0.5) is 5.69 Å². The molecule has 0 aliphatic carbocycles. The Morgan fingerprint density at radius 1 is 1.31 bits per heavy atom. The van der Waals surface area contributed by atoms with Crippen LogP contribution in [-0.2, 0) is 0 Å². The number of aliphatic hydroxyl groups excluding tert-OH is 1. The van der Waals surface area contributed by atoms with E-state index in [0.717, 1.165) is 13.0 Å². The molecule has 0 amide bonds. The van der Waals surface area contributed by atoms with E-state index in [-0.39, 0.29) is 6.10 Å². The molecule has 2 nitrogen and oxygen atoms in total. The molecule has 1 saturated heterocycles. The van der Waals surface area contributed by atoms with Crippen LogP contribution in [-0.4, -0.2) is 23.8 Å². The van der Waals surface area contributed by atoms with E-state index in [1.165, 1.54) is 5.69 Å². The third kappa shape index (κ3) is 1.68. The molecule has 1 aromatic rings. The zero-order chi connectivity index (χ0) is 9.26. The summed E-state index contributed by atoms with van der Waals surface area (Å²) >= 11 is 0. The molecule has 2 rings (SSSR count). The van der Waals surface area contributed by atoms with E-state index in [0.29, 0.717) is 6.04 Å². The number of nitrogens with zero attached hydrogens (tertiary/aromatic N) is 1. The molecule has 1 N–H and O–H groups in total. The second-order valence-corrected chi connectivity index (χ2v) is 3.73. The van der Waals surface area contributed by atoms with Crippen LogP contribution in [0.2, 0.25) is 0 Å². The van der Waals surface area contributed by atoms with Crippen LogP contribution in [0.5, 0.6) is 0 Å². The number of hydrogen-bond donors (Lipinski definition) is 1. The average Bonchev–Trinajstić information content (AvgIpc) is 2.47. The van der Waals surface area contributed by atoms with Crippen molar-refractivity contribution in [3.05, 3.63) is 30.3 Å². The van der Waals surface area contributed by atoms with Crippen LogP contribution in [0, 0.1) is 0 Å². The van der Waals surface area contributed by atoms with Gasteiger partial charge in [0.1, 0.15) is 0 Å². The van der Waals surface area contributed by atoms with Gasteiger partial charge in [-0.25, -0.2) is 0 Å². The first-order valence-corrected chi connectivity index (χ1v) is 4.77. The van der Waals surface area contributed by atoms with E-state index in [4.69, 9.17) is 0 Å². The van der Waals surface area contributed by atoms with Crippen LogP contribution >= 0.6 is 0 Å². The third-order valence-electron chi connectivity index (χ3n) is 2.64. The van der Waals surface area contributed by atoms with Crippen LogP contribution in [0.1, 0.15) is 13.3 Å². The minimum absolute atomic E-state index is 0.157. The van der Waals surface area contributed by atoms with E-state index in [2.05, 4.69) is 24.0 Å². The molecular weight excluding hydrogens is 162 g/mol. The Kier molecular flexibility index (Phi) is 2.23. The van der Waals surface area contributed by atoms with Gasteiger partial charge in [0, 0.05) is 18.3 Å². The van der Waals surface area contributed by atoms with Crippen molar-refractivity contribution in [3.8, 4) is 0 Å². The summed E-state index contributed by atoms with van der Waals surface area (Å²) < 4.78 is 0. The predicted molar refractivity (Wildman–Crippen MR) is 53.9 cm³/mol. The lowest BCUT2D eigenvalue weighted by Crippen LogP contribution is -2.26. The molecule has 70 valence electrons. The molecule has 0 aromatic heterocycles. The average molecular weight is 177 g/mol. The zero-order valence-corrected chi connectivity index (χ0v) is 7.85. The van der Waals surface area contributed by atoms with Crippen molar-refractivity contribution in [2.75, 3.05) is 11.4 Å². The molecule has 1 aliphatic heterocycles. The highest BCUT2D eigenvalue weighted by Crippen LogP contribution is 2.24. The van der Waals surface area contributed by atoms with E-state index in [9.17, 15) is 5.11 Å². The summed E-state index contributed by atoms with van der Waals surface area (Å²) in [6.07, 6.45) is 0.727. The smallest absolute Gasteiger partial charge is 0.0734 e. The second-order valence-electron chi connectivity index (χ2n) is 3.73. The van der Waals surface area contributed by atoms with E-state index < -0.39 is 0 Å². The molecule has 2 atom stereocenters. The minimum atomic E-state index is -0.157. The maximum atomic E-state index is 9.49. The van der Waals surface area contributed by atoms with Gasteiger partial charge in [-0.05, 0) is 25.5 Å². The summed E-state index contributed by atoms with van der Waals surface area (Å²) in [7, 11) is 0. The summed E-state index contributed by atoms with van der Waals surface area (Å²) in [5, 5.41) is 9.49. The molecule has 1 aromatic carbocycles. The number of para-hydroxylation sites is 1. The quantitative estimate of drug-likeness (QED) is 0.705. The van der Waals surface area contributed by atoms with E-state index >= 15 is 0 Å². The SMILES string of the molecule is CC1CC(O)CN1c1ccccc1. The normalized spacial score (nSPS) is 28.0. The van der Waals surface area contributed by atoms with Crippen LogP contribution in [0.3, 0.4) is 0 Å². The van der Waals surface area contributed by atoms with Gasteiger partial charge in [0.05, 0.1) is 6.10 Å². The van der Waals surface area contributed by atoms with Gasteiger partial charge < -0.3 is 10.0 Å². The molecular formula is C11H15NO. The van der Waals surface area contributed by atoms with Crippen LogP contribution in [0.25, 0.3) is 0 Å². The highest BCUT2D eigenvalue weighted by atomic mass is 16.3. The second kappa shape index (κ2) is 3.38. The Balaban J connectivity index is 2.18. The van der Waals surface area contributed by atoms with Gasteiger partial charge in [0.15, 0.2) is 0 Å². The van der Waals surface area contributed by atoms with Crippen molar-refractivity contribution in [3.63, 3.8) is 0 Å². The molecule has 0 spiro atoms. The number of rotatable bonds is 1. The number of hydrogen-bond acceptors (Lipinski definition) is 2. The Morgan fingerprint density at radius 3 is 2.54 bits per heavy atom. The lowest BCUT2D eigenvalue weighted by Gasteiger charge is -2.23. The van der Waals surface area contributed by atoms with Gasteiger partial charge in [-0.1, -0.05) is 18.2 Å². The fourth-order valence-corrected chi connectivity index (χ4v) is 1.98. The highest BCUT2D eigenvalue weighted by Gasteiger charge is 2.27. The van der Waals surface area contributed by atoms with E-state index in [1.54, 1.807) is 0 Å². The van der Waals surface area contributed by atoms with E-state index in [1.807, 2.05) is 18.2 Å².